The fraction of sp³-hybridized carbons (Fsp3) is 0.294. The van der Waals surface area contributed by atoms with Gasteiger partial charge in [0.25, 0.3) is 0 Å². The second kappa shape index (κ2) is 5.09. The van der Waals surface area contributed by atoms with Gasteiger partial charge in [-0.25, -0.2) is 9.50 Å². The van der Waals surface area contributed by atoms with Crippen molar-refractivity contribution in [3.63, 3.8) is 0 Å². The summed E-state index contributed by atoms with van der Waals surface area (Å²) < 4.78 is 1.86. The molecule has 0 aliphatic carbocycles. The highest BCUT2D eigenvalue weighted by Gasteiger charge is 2.19. The summed E-state index contributed by atoms with van der Waals surface area (Å²) in [5, 5.41) is 10.0. The van der Waals surface area contributed by atoms with Crippen LogP contribution in [0.15, 0.2) is 36.5 Å². The number of aromatic nitrogens is 4. The Morgan fingerprint density at radius 1 is 1.26 bits per heavy atom. The van der Waals surface area contributed by atoms with E-state index in [0.717, 1.165) is 33.5 Å². The van der Waals surface area contributed by atoms with Crippen LogP contribution in [0.4, 0.5) is 5.13 Å². The minimum Gasteiger partial charge on any atom is -0.357 e. The van der Waals surface area contributed by atoms with E-state index in [2.05, 4.69) is 65.4 Å². The summed E-state index contributed by atoms with van der Waals surface area (Å²) in [6.45, 7) is 7.20. The fourth-order valence-electron chi connectivity index (χ4n) is 2.53. The molecule has 0 amide bonds. The first-order valence-electron chi connectivity index (χ1n) is 7.66. The van der Waals surface area contributed by atoms with Crippen molar-refractivity contribution in [1.82, 2.24) is 19.6 Å². The Labute approximate surface area is 138 Å². The van der Waals surface area contributed by atoms with Crippen LogP contribution in [-0.2, 0) is 12.0 Å². The van der Waals surface area contributed by atoms with Gasteiger partial charge in [0.1, 0.15) is 0 Å². The first-order chi connectivity index (χ1) is 11.0. The number of hydrogen-bond donors (Lipinski definition) is 2. The van der Waals surface area contributed by atoms with Gasteiger partial charge in [0.2, 0.25) is 10.1 Å². The molecule has 3 aromatic heterocycles. The smallest absolute Gasteiger partial charge is 0.214 e. The Balaban J connectivity index is 1.52. The van der Waals surface area contributed by atoms with E-state index in [0.29, 0.717) is 0 Å². The number of imidazole rings is 1. The van der Waals surface area contributed by atoms with Crippen molar-refractivity contribution in [3.8, 4) is 0 Å². The van der Waals surface area contributed by atoms with E-state index in [1.807, 2.05) is 16.8 Å². The Bertz CT molecular complexity index is 905. The minimum atomic E-state index is 0.0470. The van der Waals surface area contributed by atoms with Crippen LogP contribution in [0.5, 0.6) is 0 Å². The number of rotatable bonds is 3. The fourth-order valence-corrected chi connectivity index (χ4v) is 3.31. The van der Waals surface area contributed by atoms with Crippen LogP contribution in [0.2, 0.25) is 0 Å². The number of aromatic amines is 1. The monoisotopic (exact) mass is 325 g/mol. The highest BCUT2D eigenvalue weighted by Crippen LogP contribution is 2.26. The molecule has 4 rings (SSSR count). The molecule has 0 aliphatic rings. The molecule has 6 heteroatoms. The summed E-state index contributed by atoms with van der Waals surface area (Å²) in [6.07, 6.45) is 2.01. The molecule has 0 aliphatic heterocycles. The molecule has 0 spiro atoms. The van der Waals surface area contributed by atoms with Crippen molar-refractivity contribution < 1.29 is 0 Å². The molecule has 0 fully saturated rings. The standard InChI is InChI=1S/C17H19N5S/c1-17(2,3)14-10-22-16(20-14)23-15(21-22)18-9-12-8-11-6-4-5-7-13(11)19-12/h4-8,10,19H,9H2,1-3H3,(H,18,21). The molecule has 0 unspecified atom stereocenters. The second-order valence-electron chi connectivity index (χ2n) is 6.75. The Morgan fingerprint density at radius 3 is 2.83 bits per heavy atom. The summed E-state index contributed by atoms with van der Waals surface area (Å²) in [5.41, 5.74) is 3.42. The van der Waals surface area contributed by atoms with E-state index in [9.17, 15) is 0 Å². The quantitative estimate of drug-likeness (QED) is 0.594. The molecule has 23 heavy (non-hydrogen) atoms. The maximum absolute atomic E-state index is 4.67. The Hall–Kier alpha value is -2.34. The van der Waals surface area contributed by atoms with Crippen molar-refractivity contribution in [2.45, 2.75) is 32.7 Å². The van der Waals surface area contributed by atoms with E-state index in [4.69, 9.17) is 0 Å². The number of anilines is 1. The number of nitrogens with one attached hydrogen (secondary N) is 2. The lowest BCUT2D eigenvalue weighted by Gasteiger charge is -2.13. The number of hydrogen-bond acceptors (Lipinski definition) is 4. The molecule has 4 aromatic rings. The van der Waals surface area contributed by atoms with Crippen LogP contribution in [0.25, 0.3) is 15.9 Å². The molecule has 5 nitrogen and oxygen atoms in total. The molecular formula is C17H19N5S. The third-order valence-corrected chi connectivity index (χ3v) is 4.71. The van der Waals surface area contributed by atoms with E-state index >= 15 is 0 Å². The average Bonchev–Trinajstić information content (AvgIpc) is 3.15. The lowest BCUT2D eigenvalue weighted by molar-refractivity contribution is 0.572. The van der Waals surface area contributed by atoms with Crippen molar-refractivity contribution in [2.75, 3.05) is 5.32 Å². The van der Waals surface area contributed by atoms with Crippen molar-refractivity contribution in [3.05, 3.63) is 47.9 Å². The topological polar surface area (TPSA) is 58.0 Å². The molecule has 0 radical (unpaired) electrons. The highest BCUT2D eigenvalue weighted by atomic mass is 32.1. The molecule has 0 atom stereocenters. The van der Waals surface area contributed by atoms with Gasteiger partial charge in [0, 0.05) is 16.6 Å². The molecule has 0 saturated carbocycles. The van der Waals surface area contributed by atoms with Crippen molar-refractivity contribution in [2.24, 2.45) is 0 Å². The lowest BCUT2D eigenvalue weighted by Crippen LogP contribution is -2.11. The van der Waals surface area contributed by atoms with Crippen molar-refractivity contribution in [1.29, 1.82) is 0 Å². The Morgan fingerprint density at radius 2 is 2.09 bits per heavy atom. The van der Waals surface area contributed by atoms with Gasteiger partial charge < -0.3 is 10.3 Å². The van der Waals surface area contributed by atoms with Gasteiger partial charge in [-0.2, -0.15) is 0 Å². The number of para-hydroxylation sites is 1. The van der Waals surface area contributed by atoms with Gasteiger partial charge in [0.15, 0.2) is 0 Å². The molecule has 0 saturated heterocycles. The van der Waals surface area contributed by atoms with Crippen LogP contribution in [0.1, 0.15) is 32.2 Å². The van der Waals surface area contributed by atoms with Crippen LogP contribution < -0.4 is 5.32 Å². The van der Waals surface area contributed by atoms with Gasteiger partial charge in [-0.1, -0.05) is 50.3 Å². The van der Waals surface area contributed by atoms with E-state index in [1.54, 1.807) is 11.3 Å². The van der Waals surface area contributed by atoms with Crippen LogP contribution in [0, 0.1) is 0 Å². The number of H-pyrrole nitrogens is 1. The molecule has 0 bridgehead atoms. The summed E-state index contributed by atoms with van der Waals surface area (Å²) in [6, 6.07) is 10.5. The van der Waals surface area contributed by atoms with Crippen molar-refractivity contribution >= 4 is 32.3 Å². The summed E-state index contributed by atoms with van der Waals surface area (Å²) >= 11 is 1.58. The molecule has 1 aromatic carbocycles. The van der Waals surface area contributed by atoms with Gasteiger partial charge in [-0.3, -0.25) is 0 Å². The number of benzene rings is 1. The first kappa shape index (κ1) is 14.3. The van der Waals surface area contributed by atoms with Crippen LogP contribution >= 0.6 is 11.3 Å². The molecule has 3 heterocycles. The largest absolute Gasteiger partial charge is 0.357 e. The molecule has 2 N–H and O–H groups in total. The number of fused-ring (bicyclic) bond motifs is 2. The van der Waals surface area contributed by atoms with Gasteiger partial charge in [0.05, 0.1) is 18.4 Å². The van der Waals surface area contributed by atoms with Gasteiger partial charge >= 0.3 is 0 Å². The first-order valence-corrected chi connectivity index (χ1v) is 8.48. The predicted octanol–water partition coefficient (Wildman–Crippen LogP) is 4.18. The molecule has 118 valence electrons. The summed E-state index contributed by atoms with van der Waals surface area (Å²) in [7, 11) is 0. The third kappa shape index (κ3) is 2.70. The van der Waals surface area contributed by atoms with E-state index in [-0.39, 0.29) is 5.41 Å². The van der Waals surface area contributed by atoms with Crippen LogP contribution in [-0.4, -0.2) is 19.6 Å². The van der Waals surface area contributed by atoms with Gasteiger partial charge in [-0.15, -0.1) is 5.10 Å². The van der Waals surface area contributed by atoms with Gasteiger partial charge in [-0.05, 0) is 17.5 Å². The Kier molecular flexibility index (Phi) is 3.16. The third-order valence-electron chi connectivity index (χ3n) is 3.83. The zero-order chi connectivity index (χ0) is 16.0. The predicted molar refractivity (Wildman–Crippen MR) is 95.2 cm³/mol. The zero-order valence-corrected chi connectivity index (χ0v) is 14.2. The normalized spacial score (nSPS) is 12.3. The highest BCUT2D eigenvalue weighted by molar-refractivity contribution is 7.20. The second-order valence-corrected chi connectivity index (χ2v) is 7.70. The van der Waals surface area contributed by atoms with Crippen LogP contribution in [0.3, 0.4) is 0 Å². The van der Waals surface area contributed by atoms with E-state index in [1.165, 1.54) is 5.39 Å². The summed E-state index contributed by atoms with van der Waals surface area (Å²) in [4.78, 5) is 9.00. The number of nitrogens with zero attached hydrogens (tertiary/aromatic N) is 3. The maximum atomic E-state index is 4.67. The summed E-state index contributed by atoms with van der Waals surface area (Å²) in [5.74, 6) is 0. The lowest BCUT2D eigenvalue weighted by atomic mass is 9.93. The molecular weight excluding hydrogens is 306 g/mol. The maximum Gasteiger partial charge on any atom is 0.214 e. The SMILES string of the molecule is CC(C)(C)c1cn2nc(NCc3cc4ccccc4[nH]3)sc2n1. The van der Waals surface area contributed by atoms with E-state index < -0.39 is 0 Å². The minimum absolute atomic E-state index is 0.0470. The average molecular weight is 325 g/mol. The zero-order valence-electron chi connectivity index (χ0n) is 13.4.